The summed E-state index contributed by atoms with van der Waals surface area (Å²) >= 11 is 0. The Morgan fingerprint density at radius 3 is 2.79 bits per heavy atom. The fourth-order valence-corrected chi connectivity index (χ4v) is 3.83. The van der Waals surface area contributed by atoms with Crippen LogP contribution in [0.15, 0.2) is 54.9 Å². The first kappa shape index (κ1) is 17.7. The maximum atomic E-state index is 13.3. The number of aromatic nitrogens is 2. The molecule has 2 fully saturated rings. The highest BCUT2D eigenvalue weighted by Crippen LogP contribution is 2.27. The van der Waals surface area contributed by atoms with E-state index in [1.54, 1.807) is 23.4 Å². The van der Waals surface area contributed by atoms with Crippen LogP contribution in [0.25, 0.3) is 10.9 Å². The Labute approximate surface area is 168 Å². The maximum Gasteiger partial charge on any atom is 0.271 e. The second-order valence-corrected chi connectivity index (χ2v) is 7.69. The average molecular weight is 390 g/mol. The number of ether oxygens (including phenoxy) is 1. The van der Waals surface area contributed by atoms with Crippen LogP contribution in [0.4, 0.5) is 0 Å². The smallest absolute Gasteiger partial charge is 0.271 e. The number of carbonyl (C=O) groups excluding carboxylic acids is 2. The number of likely N-dealkylation sites (tertiary alicyclic amines) is 1. The predicted octanol–water partition coefficient (Wildman–Crippen LogP) is 2.50. The molecule has 0 unspecified atom stereocenters. The van der Waals surface area contributed by atoms with Crippen molar-refractivity contribution >= 4 is 22.7 Å². The molecule has 148 valence electrons. The van der Waals surface area contributed by atoms with Crippen LogP contribution in [0.5, 0.6) is 5.75 Å². The third kappa shape index (κ3) is 3.68. The zero-order valence-electron chi connectivity index (χ0n) is 15.9. The molecule has 0 radical (unpaired) electrons. The van der Waals surface area contributed by atoms with Gasteiger partial charge in [0.05, 0.1) is 12.7 Å². The van der Waals surface area contributed by atoms with E-state index in [0.29, 0.717) is 24.4 Å². The third-order valence-electron chi connectivity index (χ3n) is 5.45. The zero-order chi connectivity index (χ0) is 19.8. The van der Waals surface area contributed by atoms with E-state index in [1.165, 1.54) is 0 Å². The minimum Gasteiger partial charge on any atom is -0.487 e. The standard InChI is InChI=1S/C22H22N4O3/c27-21(24-15-7-8-15)20-11-17(29-16-5-3-9-23-12-16)13-26(20)22(28)19-10-14-4-1-2-6-18(14)25-19/h1-6,9-10,12,15,17,20,25H,7-8,11,13H2,(H,24,27)/t17-,20-/m0/s1. The molecular formula is C22H22N4O3. The Hall–Kier alpha value is -3.35. The van der Waals surface area contributed by atoms with Gasteiger partial charge in [0.25, 0.3) is 5.91 Å². The second-order valence-electron chi connectivity index (χ2n) is 7.69. The van der Waals surface area contributed by atoms with Crippen molar-refractivity contribution in [2.24, 2.45) is 0 Å². The van der Waals surface area contributed by atoms with Crippen molar-refractivity contribution in [3.63, 3.8) is 0 Å². The van der Waals surface area contributed by atoms with Gasteiger partial charge in [-0.3, -0.25) is 14.6 Å². The quantitative estimate of drug-likeness (QED) is 0.701. The molecule has 29 heavy (non-hydrogen) atoms. The number of fused-ring (bicyclic) bond motifs is 1. The van der Waals surface area contributed by atoms with Crippen molar-refractivity contribution in [1.29, 1.82) is 0 Å². The number of nitrogens with zero attached hydrogens (tertiary/aromatic N) is 2. The number of hydrogen-bond acceptors (Lipinski definition) is 4. The first-order valence-corrected chi connectivity index (χ1v) is 9.93. The van der Waals surface area contributed by atoms with Crippen LogP contribution in [0.1, 0.15) is 29.8 Å². The largest absolute Gasteiger partial charge is 0.487 e. The molecule has 1 aliphatic heterocycles. The van der Waals surface area contributed by atoms with E-state index in [9.17, 15) is 9.59 Å². The van der Waals surface area contributed by atoms with Crippen molar-refractivity contribution in [2.45, 2.75) is 37.5 Å². The molecule has 5 rings (SSSR count). The molecule has 2 aromatic heterocycles. The third-order valence-corrected chi connectivity index (χ3v) is 5.45. The lowest BCUT2D eigenvalue weighted by molar-refractivity contribution is -0.125. The Morgan fingerprint density at radius 1 is 1.17 bits per heavy atom. The molecule has 3 aromatic rings. The Kier molecular flexibility index (Phi) is 4.42. The van der Waals surface area contributed by atoms with E-state index >= 15 is 0 Å². The Balaban J connectivity index is 1.39. The van der Waals surface area contributed by atoms with Gasteiger partial charge in [0.15, 0.2) is 0 Å². The fourth-order valence-electron chi connectivity index (χ4n) is 3.83. The van der Waals surface area contributed by atoms with Gasteiger partial charge < -0.3 is 19.9 Å². The summed E-state index contributed by atoms with van der Waals surface area (Å²) in [5.74, 6) is 0.349. The number of pyridine rings is 1. The summed E-state index contributed by atoms with van der Waals surface area (Å²) in [6, 6.07) is 12.9. The summed E-state index contributed by atoms with van der Waals surface area (Å²) in [7, 11) is 0. The minimum absolute atomic E-state index is 0.103. The van der Waals surface area contributed by atoms with Crippen LogP contribution in [-0.2, 0) is 4.79 Å². The van der Waals surface area contributed by atoms with E-state index in [-0.39, 0.29) is 24.0 Å². The van der Waals surface area contributed by atoms with Crippen molar-refractivity contribution in [3.05, 3.63) is 60.6 Å². The summed E-state index contributed by atoms with van der Waals surface area (Å²) in [5.41, 5.74) is 1.38. The van der Waals surface area contributed by atoms with E-state index in [4.69, 9.17) is 4.74 Å². The number of aromatic amines is 1. The number of benzene rings is 1. The van der Waals surface area contributed by atoms with Gasteiger partial charge in [0.1, 0.15) is 23.6 Å². The maximum absolute atomic E-state index is 13.3. The molecule has 2 N–H and O–H groups in total. The van der Waals surface area contributed by atoms with Crippen LogP contribution in [0.3, 0.4) is 0 Å². The molecule has 1 aliphatic carbocycles. The molecule has 2 aliphatic rings. The summed E-state index contributed by atoms with van der Waals surface area (Å²) < 4.78 is 6.00. The topological polar surface area (TPSA) is 87.3 Å². The molecule has 0 bridgehead atoms. The summed E-state index contributed by atoms with van der Waals surface area (Å²) in [5, 5.41) is 4.00. The monoisotopic (exact) mass is 390 g/mol. The van der Waals surface area contributed by atoms with Gasteiger partial charge in [-0.2, -0.15) is 0 Å². The number of rotatable bonds is 5. The number of hydrogen-bond donors (Lipinski definition) is 2. The number of amides is 2. The minimum atomic E-state index is -0.545. The Morgan fingerprint density at radius 2 is 2.03 bits per heavy atom. The highest BCUT2D eigenvalue weighted by Gasteiger charge is 2.42. The van der Waals surface area contributed by atoms with Gasteiger partial charge >= 0.3 is 0 Å². The zero-order valence-corrected chi connectivity index (χ0v) is 15.9. The van der Waals surface area contributed by atoms with Crippen LogP contribution >= 0.6 is 0 Å². The Bertz CT molecular complexity index is 1010. The molecule has 1 aromatic carbocycles. The number of H-pyrrole nitrogens is 1. The molecule has 1 saturated heterocycles. The first-order chi connectivity index (χ1) is 14.2. The lowest BCUT2D eigenvalue weighted by atomic mass is 10.1. The van der Waals surface area contributed by atoms with Gasteiger partial charge in [0.2, 0.25) is 5.91 Å². The van der Waals surface area contributed by atoms with Crippen molar-refractivity contribution in [1.82, 2.24) is 20.2 Å². The molecule has 0 spiro atoms. The first-order valence-electron chi connectivity index (χ1n) is 9.93. The van der Waals surface area contributed by atoms with Crippen molar-refractivity contribution in [3.8, 4) is 5.75 Å². The van der Waals surface area contributed by atoms with Crippen LogP contribution in [-0.4, -0.2) is 51.4 Å². The van der Waals surface area contributed by atoms with Crippen molar-refractivity contribution in [2.75, 3.05) is 6.54 Å². The highest BCUT2D eigenvalue weighted by atomic mass is 16.5. The molecule has 2 atom stereocenters. The SMILES string of the molecule is O=C(NC1CC1)[C@@H]1C[C@H](Oc2cccnc2)CN1C(=O)c1cc2ccccc2[nH]1. The fraction of sp³-hybridized carbons (Fsp3) is 0.318. The molecule has 3 heterocycles. The predicted molar refractivity (Wildman–Crippen MR) is 108 cm³/mol. The molecule has 1 saturated carbocycles. The average Bonchev–Trinajstić information content (AvgIpc) is 3.28. The van der Waals surface area contributed by atoms with E-state index in [2.05, 4.69) is 15.3 Å². The van der Waals surface area contributed by atoms with E-state index < -0.39 is 6.04 Å². The van der Waals surface area contributed by atoms with Gasteiger partial charge in [-0.25, -0.2) is 0 Å². The molecular weight excluding hydrogens is 368 g/mol. The van der Waals surface area contributed by atoms with Gasteiger partial charge in [-0.1, -0.05) is 18.2 Å². The number of carbonyl (C=O) groups is 2. The van der Waals surface area contributed by atoms with E-state index in [0.717, 1.165) is 23.7 Å². The van der Waals surface area contributed by atoms with Crippen LogP contribution in [0, 0.1) is 0 Å². The molecule has 2 amide bonds. The highest BCUT2D eigenvalue weighted by molar-refractivity contribution is 6.00. The van der Waals surface area contributed by atoms with Gasteiger partial charge in [-0.15, -0.1) is 0 Å². The summed E-state index contributed by atoms with van der Waals surface area (Å²) in [6.07, 6.45) is 5.52. The van der Waals surface area contributed by atoms with Crippen LogP contribution in [0.2, 0.25) is 0 Å². The normalized spacial score (nSPS) is 21.3. The summed E-state index contributed by atoms with van der Waals surface area (Å²) in [6.45, 7) is 0.353. The van der Waals surface area contributed by atoms with Gasteiger partial charge in [-0.05, 0) is 37.1 Å². The van der Waals surface area contributed by atoms with E-state index in [1.807, 2.05) is 36.4 Å². The van der Waals surface area contributed by atoms with Crippen LogP contribution < -0.4 is 10.1 Å². The lowest BCUT2D eigenvalue weighted by Crippen LogP contribution is -2.46. The number of para-hydroxylation sites is 1. The van der Waals surface area contributed by atoms with Gasteiger partial charge in [0, 0.05) is 29.6 Å². The van der Waals surface area contributed by atoms with Crippen molar-refractivity contribution < 1.29 is 14.3 Å². The molecule has 7 nitrogen and oxygen atoms in total. The molecule has 7 heteroatoms. The number of nitrogens with one attached hydrogen (secondary N) is 2. The lowest BCUT2D eigenvalue weighted by Gasteiger charge is -2.23. The second kappa shape index (κ2) is 7.24. The summed E-state index contributed by atoms with van der Waals surface area (Å²) in [4.78, 5) is 35.0.